The number of ether oxygens (including phenoxy) is 1. The van der Waals surface area contributed by atoms with Crippen LogP contribution in [0.2, 0.25) is 0 Å². The normalized spacial score (nSPS) is 30.7. The monoisotopic (exact) mass is 277 g/mol. The van der Waals surface area contributed by atoms with Crippen LogP contribution in [0.1, 0.15) is 26.2 Å². The van der Waals surface area contributed by atoms with Crippen LogP contribution in [-0.2, 0) is 0 Å². The zero-order valence-corrected chi connectivity index (χ0v) is 11.8. The predicted molar refractivity (Wildman–Crippen MR) is 75.5 cm³/mol. The lowest BCUT2D eigenvalue weighted by molar-refractivity contribution is 0.107. The molecule has 5 heteroatoms. The second-order valence-corrected chi connectivity index (χ2v) is 5.72. The van der Waals surface area contributed by atoms with E-state index in [-0.39, 0.29) is 5.54 Å². The second-order valence-electron chi connectivity index (χ2n) is 5.72. The number of rotatable bonds is 3. The molecule has 0 bridgehead atoms. The van der Waals surface area contributed by atoms with Crippen LogP contribution in [0.3, 0.4) is 0 Å². The van der Waals surface area contributed by atoms with Crippen molar-refractivity contribution in [3.63, 3.8) is 0 Å². The summed E-state index contributed by atoms with van der Waals surface area (Å²) < 4.78 is 19.4. The number of hydrogen-bond acceptors (Lipinski definition) is 4. The van der Waals surface area contributed by atoms with Crippen LogP contribution in [0.5, 0.6) is 6.01 Å². The van der Waals surface area contributed by atoms with E-state index in [0.29, 0.717) is 25.6 Å². The minimum atomic E-state index is -0.735. The van der Waals surface area contributed by atoms with Gasteiger partial charge in [0.1, 0.15) is 12.8 Å². The first-order valence-electron chi connectivity index (χ1n) is 7.13. The molecule has 2 atom stereocenters. The Bertz CT molecular complexity index is 606. The molecule has 0 aliphatic carbocycles. The Balaban J connectivity index is 1.75. The average Bonchev–Trinajstić information content (AvgIpc) is 2.93. The van der Waals surface area contributed by atoms with Gasteiger partial charge in [-0.3, -0.25) is 4.90 Å². The van der Waals surface area contributed by atoms with E-state index in [0.717, 1.165) is 30.0 Å². The van der Waals surface area contributed by atoms with Crippen LogP contribution >= 0.6 is 0 Å². The number of alkyl halides is 1. The molecule has 2 aliphatic heterocycles. The molecular weight excluding hydrogens is 257 g/mol. The fourth-order valence-corrected chi connectivity index (χ4v) is 3.37. The molecule has 2 aliphatic rings. The molecule has 3 heterocycles. The van der Waals surface area contributed by atoms with Crippen molar-refractivity contribution in [1.82, 2.24) is 14.9 Å². The fourth-order valence-electron chi connectivity index (χ4n) is 3.37. The summed E-state index contributed by atoms with van der Waals surface area (Å²) in [5, 5.41) is 1.57. The van der Waals surface area contributed by atoms with Crippen molar-refractivity contribution in [2.75, 3.05) is 19.7 Å². The van der Waals surface area contributed by atoms with Gasteiger partial charge in [-0.25, -0.2) is 9.37 Å². The van der Waals surface area contributed by atoms with E-state index in [1.54, 1.807) is 6.20 Å². The van der Waals surface area contributed by atoms with Gasteiger partial charge < -0.3 is 4.74 Å². The second kappa shape index (κ2) is 5.13. The van der Waals surface area contributed by atoms with E-state index in [4.69, 9.17) is 4.74 Å². The summed E-state index contributed by atoms with van der Waals surface area (Å²) >= 11 is 0. The van der Waals surface area contributed by atoms with Crippen LogP contribution in [0.25, 0.3) is 12.7 Å². The summed E-state index contributed by atoms with van der Waals surface area (Å²) in [5.74, 6) is 0. The minimum Gasteiger partial charge on any atom is -0.461 e. The van der Waals surface area contributed by atoms with Crippen LogP contribution < -0.4 is 15.3 Å². The first-order chi connectivity index (χ1) is 9.63. The number of fused-ring (bicyclic) bond motifs is 1. The summed E-state index contributed by atoms with van der Waals surface area (Å²) in [6.45, 7) is 7.74. The zero-order chi connectivity index (χ0) is 14.2. The van der Waals surface area contributed by atoms with Gasteiger partial charge in [0.05, 0.1) is 10.9 Å². The van der Waals surface area contributed by atoms with E-state index in [1.165, 1.54) is 0 Å². The highest BCUT2D eigenvalue weighted by atomic mass is 19.1. The summed E-state index contributed by atoms with van der Waals surface area (Å²) in [5.41, 5.74) is -0.151. The average molecular weight is 277 g/mol. The van der Waals surface area contributed by atoms with Crippen LogP contribution in [0, 0.1) is 0 Å². The maximum atomic E-state index is 13.6. The Hall–Kier alpha value is -1.49. The molecule has 1 aromatic rings. The highest BCUT2D eigenvalue weighted by Crippen LogP contribution is 2.40. The van der Waals surface area contributed by atoms with Crippen LogP contribution in [0.15, 0.2) is 6.20 Å². The molecule has 1 aromatic heterocycles. The van der Waals surface area contributed by atoms with E-state index in [2.05, 4.69) is 21.4 Å². The smallest absolute Gasteiger partial charge is 0.316 e. The summed E-state index contributed by atoms with van der Waals surface area (Å²) in [7, 11) is 0. The van der Waals surface area contributed by atoms with Gasteiger partial charge in [0, 0.05) is 24.4 Å². The standard InChI is InChI=1S/C15H20FN3O/c1-3-13-11(2)8-17-14(18-13)20-10-15-5-4-6-19(15)9-12(16)7-15/h3,8,12H,2,4-7,9-10H2,1H3/b13-3-/t12-,15+/m1/s1. The Kier molecular flexibility index (Phi) is 3.46. The Labute approximate surface area is 118 Å². The number of halogens is 1. The molecule has 3 rings (SSSR count). The molecule has 0 spiro atoms. The first kappa shape index (κ1) is 13.5. The highest BCUT2D eigenvalue weighted by Gasteiger charge is 2.49. The summed E-state index contributed by atoms with van der Waals surface area (Å²) in [6, 6.07) is 0.356. The van der Waals surface area contributed by atoms with Crippen molar-refractivity contribution in [3.8, 4) is 6.01 Å². The lowest BCUT2D eigenvalue weighted by atomic mass is 9.95. The van der Waals surface area contributed by atoms with E-state index >= 15 is 0 Å². The molecule has 0 radical (unpaired) electrons. The van der Waals surface area contributed by atoms with E-state index in [1.807, 2.05) is 13.0 Å². The fraction of sp³-hybridized carbons (Fsp3) is 0.600. The largest absolute Gasteiger partial charge is 0.461 e. The molecule has 0 amide bonds. The summed E-state index contributed by atoms with van der Waals surface area (Å²) in [6.07, 6.45) is 5.48. The van der Waals surface area contributed by atoms with E-state index in [9.17, 15) is 4.39 Å². The van der Waals surface area contributed by atoms with Crippen molar-refractivity contribution < 1.29 is 9.13 Å². The molecule has 0 N–H and O–H groups in total. The van der Waals surface area contributed by atoms with E-state index < -0.39 is 6.17 Å². The van der Waals surface area contributed by atoms with Gasteiger partial charge in [-0.2, -0.15) is 4.98 Å². The lowest BCUT2D eigenvalue weighted by Gasteiger charge is -2.30. The molecule has 0 saturated carbocycles. The van der Waals surface area contributed by atoms with Gasteiger partial charge in [0.15, 0.2) is 0 Å². The number of nitrogens with zero attached hydrogens (tertiary/aromatic N) is 3. The maximum Gasteiger partial charge on any atom is 0.316 e. The molecule has 4 nitrogen and oxygen atoms in total. The Morgan fingerprint density at radius 3 is 3.30 bits per heavy atom. The van der Waals surface area contributed by atoms with Gasteiger partial charge >= 0.3 is 6.01 Å². The van der Waals surface area contributed by atoms with Gasteiger partial charge in [-0.1, -0.05) is 12.7 Å². The third-order valence-corrected chi connectivity index (χ3v) is 4.38. The van der Waals surface area contributed by atoms with Crippen molar-refractivity contribution >= 4 is 12.7 Å². The SMILES string of the molecule is C=c1cnc(OC[C@@]23CCCN2C[C@H](F)C3)n/c1=C\C. The number of aromatic nitrogens is 2. The molecular formula is C15H20FN3O. The van der Waals surface area contributed by atoms with Gasteiger partial charge in [-0.15, -0.1) is 0 Å². The quantitative estimate of drug-likeness (QED) is 0.813. The van der Waals surface area contributed by atoms with Crippen LogP contribution in [-0.4, -0.2) is 46.3 Å². The van der Waals surface area contributed by atoms with Gasteiger partial charge in [0.2, 0.25) is 0 Å². The van der Waals surface area contributed by atoms with Crippen LogP contribution in [0.4, 0.5) is 4.39 Å². The van der Waals surface area contributed by atoms with Crippen molar-refractivity contribution in [2.45, 2.75) is 37.9 Å². The van der Waals surface area contributed by atoms with Crippen molar-refractivity contribution in [1.29, 1.82) is 0 Å². The predicted octanol–water partition coefficient (Wildman–Crippen LogP) is 0.643. The third-order valence-electron chi connectivity index (χ3n) is 4.38. The highest BCUT2D eigenvalue weighted by molar-refractivity contribution is 5.19. The lowest BCUT2D eigenvalue weighted by Crippen LogP contribution is -2.43. The Morgan fingerprint density at radius 2 is 2.50 bits per heavy atom. The van der Waals surface area contributed by atoms with Crippen molar-refractivity contribution in [3.05, 3.63) is 16.8 Å². The first-order valence-corrected chi connectivity index (χ1v) is 7.13. The number of hydrogen-bond donors (Lipinski definition) is 0. The third kappa shape index (κ3) is 2.30. The minimum absolute atomic E-state index is 0.151. The molecule has 2 saturated heterocycles. The Morgan fingerprint density at radius 1 is 1.65 bits per heavy atom. The molecule has 0 unspecified atom stereocenters. The molecule has 108 valence electrons. The summed E-state index contributed by atoms with van der Waals surface area (Å²) in [4.78, 5) is 10.7. The maximum absolute atomic E-state index is 13.6. The topological polar surface area (TPSA) is 38.2 Å². The van der Waals surface area contributed by atoms with Gasteiger partial charge in [-0.05, 0) is 26.3 Å². The van der Waals surface area contributed by atoms with Crippen molar-refractivity contribution in [2.24, 2.45) is 0 Å². The molecule has 20 heavy (non-hydrogen) atoms. The molecule has 0 aromatic carbocycles. The molecule has 2 fully saturated rings. The zero-order valence-electron chi connectivity index (χ0n) is 11.8. The van der Waals surface area contributed by atoms with Gasteiger partial charge in [0.25, 0.3) is 0 Å².